The third kappa shape index (κ3) is 4.07. The molecular weight excluding hydrogens is 362 g/mol. The molecule has 1 amide bonds. The summed E-state index contributed by atoms with van der Waals surface area (Å²) in [6.45, 7) is 1.76. The first-order chi connectivity index (χ1) is 14.3. The fraction of sp³-hybridized carbons (Fsp3) is 0.348. The number of nitrogens with one attached hydrogen (secondary N) is 2. The number of H-pyrrole nitrogens is 1. The van der Waals surface area contributed by atoms with E-state index in [9.17, 15) is 4.79 Å². The number of likely N-dealkylation sites (tertiary alicyclic amines) is 1. The number of nitrogens with zero attached hydrogens (tertiary/aromatic N) is 3. The summed E-state index contributed by atoms with van der Waals surface area (Å²) in [5.41, 5.74) is 2.95. The lowest BCUT2D eigenvalue weighted by Gasteiger charge is -2.23. The summed E-state index contributed by atoms with van der Waals surface area (Å²) < 4.78 is 0. The van der Waals surface area contributed by atoms with Crippen molar-refractivity contribution in [3.8, 4) is 11.4 Å². The summed E-state index contributed by atoms with van der Waals surface area (Å²) in [7, 11) is 0. The van der Waals surface area contributed by atoms with Crippen LogP contribution in [0.1, 0.15) is 43.0 Å². The van der Waals surface area contributed by atoms with Gasteiger partial charge in [-0.1, -0.05) is 42.5 Å². The van der Waals surface area contributed by atoms with Crippen molar-refractivity contribution in [2.75, 3.05) is 11.9 Å². The number of benzene rings is 2. The number of anilines is 1. The van der Waals surface area contributed by atoms with Crippen molar-refractivity contribution in [1.29, 1.82) is 0 Å². The number of hydrogen-bond donors (Lipinski definition) is 2. The average Bonchev–Trinajstić information content (AvgIpc) is 3.29. The zero-order valence-corrected chi connectivity index (χ0v) is 16.3. The van der Waals surface area contributed by atoms with E-state index >= 15 is 0 Å². The minimum atomic E-state index is -0.0937. The van der Waals surface area contributed by atoms with Crippen molar-refractivity contribution in [2.45, 2.75) is 44.2 Å². The van der Waals surface area contributed by atoms with Crippen molar-refractivity contribution in [3.05, 3.63) is 66.0 Å². The first-order valence-corrected chi connectivity index (χ1v) is 10.4. The molecule has 2 fully saturated rings. The summed E-state index contributed by atoms with van der Waals surface area (Å²) in [6, 6.07) is 18.0. The van der Waals surface area contributed by atoms with E-state index in [4.69, 9.17) is 0 Å². The number of aromatic amines is 1. The molecule has 0 bridgehead atoms. The first kappa shape index (κ1) is 18.1. The van der Waals surface area contributed by atoms with E-state index in [2.05, 4.69) is 37.5 Å². The fourth-order valence-corrected chi connectivity index (χ4v) is 4.03. The van der Waals surface area contributed by atoms with Crippen LogP contribution in [0.4, 0.5) is 5.69 Å². The van der Waals surface area contributed by atoms with E-state index in [1.807, 2.05) is 42.5 Å². The van der Waals surface area contributed by atoms with Crippen LogP contribution in [0.5, 0.6) is 0 Å². The van der Waals surface area contributed by atoms with E-state index in [1.54, 1.807) is 0 Å². The predicted molar refractivity (Wildman–Crippen MR) is 112 cm³/mol. The lowest BCUT2D eigenvalue weighted by molar-refractivity contribution is -0.120. The van der Waals surface area contributed by atoms with Crippen LogP contribution < -0.4 is 5.32 Å². The smallest absolute Gasteiger partial charge is 0.241 e. The van der Waals surface area contributed by atoms with Gasteiger partial charge in [0.1, 0.15) is 5.82 Å². The molecular formula is C23H25N5O. The molecule has 6 nitrogen and oxygen atoms in total. The van der Waals surface area contributed by atoms with Crippen molar-refractivity contribution >= 4 is 11.6 Å². The summed E-state index contributed by atoms with van der Waals surface area (Å²) in [5, 5.41) is 10.5. The van der Waals surface area contributed by atoms with Gasteiger partial charge in [0.2, 0.25) is 5.91 Å². The minimum Gasteiger partial charge on any atom is -0.325 e. The summed E-state index contributed by atoms with van der Waals surface area (Å²) in [4.78, 5) is 19.9. The van der Waals surface area contributed by atoms with Gasteiger partial charge in [0.15, 0.2) is 5.82 Å². The molecule has 2 heterocycles. The van der Waals surface area contributed by atoms with Crippen molar-refractivity contribution in [2.24, 2.45) is 0 Å². The van der Waals surface area contributed by atoms with Crippen LogP contribution in [-0.4, -0.2) is 38.6 Å². The minimum absolute atomic E-state index is 0.0595. The second kappa shape index (κ2) is 7.79. The van der Waals surface area contributed by atoms with Gasteiger partial charge in [0.25, 0.3) is 0 Å². The highest BCUT2D eigenvalue weighted by Crippen LogP contribution is 2.38. The maximum absolute atomic E-state index is 13.0. The molecule has 2 N–H and O–H groups in total. The van der Waals surface area contributed by atoms with Crippen LogP contribution in [-0.2, 0) is 11.3 Å². The van der Waals surface area contributed by atoms with Gasteiger partial charge < -0.3 is 5.32 Å². The Balaban J connectivity index is 1.27. The molecule has 1 aliphatic carbocycles. The number of carbonyl (C=O) groups is 1. The monoisotopic (exact) mass is 387 g/mol. The first-order valence-electron chi connectivity index (χ1n) is 10.4. The van der Waals surface area contributed by atoms with Gasteiger partial charge in [-0.15, -0.1) is 0 Å². The molecule has 1 aliphatic heterocycles. The number of rotatable bonds is 6. The molecule has 148 valence electrons. The molecule has 6 heteroatoms. The molecule has 1 aromatic heterocycles. The van der Waals surface area contributed by atoms with E-state index in [1.165, 1.54) is 18.4 Å². The SMILES string of the molecule is O=C(Nc1cccc(-c2n[nH]c(C3CC3)n2)c1)C1CCCN1Cc1ccccc1. The summed E-state index contributed by atoms with van der Waals surface area (Å²) in [5.74, 6) is 2.26. The Bertz CT molecular complexity index is 995. The standard InChI is InChI=1S/C23H25N5O/c29-23(20-10-5-13-28(20)15-16-6-2-1-3-7-16)24-19-9-4-8-18(14-19)22-25-21(26-27-22)17-11-12-17/h1-4,6-9,14,17,20H,5,10-13,15H2,(H,24,29)(H,25,26,27). The summed E-state index contributed by atoms with van der Waals surface area (Å²) >= 11 is 0. The third-order valence-electron chi connectivity index (χ3n) is 5.75. The Morgan fingerprint density at radius 2 is 1.97 bits per heavy atom. The van der Waals surface area contributed by atoms with Crippen LogP contribution in [0.15, 0.2) is 54.6 Å². The molecule has 5 rings (SSSR count). The topological polar surface area (TPSA) is 73.9 Å². The number of hydrogen-bond acceptors (Lipinski definition) is 4. The zero-order valence-electron chi connectivity index (χ0n) is 16.3. The Hall–Kier alpha value is -2.99. The zero-order chi connectivity index (χ0) is 19.6. The van der Waals surface area contributed by atoms with E-state index < -0.39 is 0 Å². The van der Waals surface area contributed by atoms with E-state index in [-0.39, 0.29) is 11.9 Å². The Kier molecular flexibility index (Phi) is 4.86. The fourth-order valence-electron chi connectivity index (χ4n) is 4.03. The van der Waals surface area contributed by atoms with Crippen molar-refractivity contribution in [1.82, 2.24) is 20.1 Å². The Morgan fingerprint density at radius 3 is 2.79 bits per heavy atom. The quantitative estimate of drug-likeness (QED) is 0.672. The van der Waals surface area contributed by atoms with Crippen LogP contribution >= 0.6 is 0 Å². The highest BCUT2D eigenvalue weighted by atomic mass is 16.2. The van der Waals surface area contributed by atoms with Gasteiger partial charge in [-0.3, -0.25) is 14.8 Å². The number of aromatic nitrogens is 3. The number of amides is 1. The molecule has 2 aliphatic rings. The maximum Gasteiger partial charge on any atom is 0.241 e. The molecule has 0 spiro atoms. The highest BCUT2D eigenvalue weighted by molar-refractivity contribution is 5.95. The normalized spacial score (nSPS) is 19.4. The number of carbonyl (C=O) groups excluding carboxylic acids is 1. The van der Waals surface area contributed by atoms with Crippen LogP contribution in [0.25, 0.3) is 11.4 Å². The second-order valence-electron chi connectivity index (χ2n) is 8.00. The molecule has 0 radical (unpaired) electrons. The van der Waals surface area contributed by atoms with Gasteiger partial charge in [-0.25, -0.2) is 4.98 Å². The lowest BCUT2D eigenvalue weighted by Crippen LogP contribution is -2.39. The summed E-state index contributed by atoms with van der Waals surface area (Å²) in [6.07, 6.45) is 4.31. The van der Waals surface area contributed by atoms with E-state index in [0.717, 1.165) is 43.0 Å². The molecule has 1 unspecified atom stereocenters. The second-order valence-corrected chi connectivity index (χ2v) is 8.00. The van der Waals surface area contributed by atoms with Crippen molar-refractivity contribution < 1.29 is 4.79 Å². The molecule has 3 aromatic rings. The third-order valence-corrected chi connectivity index (χ3v) is 5.75. The van der Waals surface area contributed by atoms with Gasteiger partial charge in [-0.05, 0) is 49.9 Å². The van der Waals surface area contributed by atoms with Gasteiger partial charge in [0, 0.05) is 23.7 Å². The molecule has 1 saturated heterocycles. The van der Waals surface area contributed by atoms with Gasteiger partial charge in [-0.2, -0.15) is 5.10 Å². The van der Waals surface area contributed by atoms with Gasteiger partial charge >= 0.3 is 0 Å². The Morgan fingerprint density at radius 1 is 1.10 bits per heavy atom. The van der Waals surface area contributed by atoms with Crippen LogP contribution in [0.3, 0.4) is 0 Å². The van der Waals surface area contributed by atoms with Crippen molar-refractivity contribution in [3.63, 3.8) is 0 Å². The van der Waals surface area contributed by atoms with Crippen LogP contribution in [0, 0.1) is 0 Å². The highest BCUT2D eigenvalue weighted by Gasteiger charge is 2.31. The Labute approximate surface area is 170 Å². The largest absolute Gasteiger partial charge is 0.325 e. The predicted octanol–water partition coefficient (Wildman–Crippen LogP) is 3.95. The average molecular weight is 387 g/mol. The molecule has 29 heavy (non-hydrogen) atoms. The van der Waals surface area contributed by atoms with Gasteiger partial charge in [0.05, 0.1) is 6.04 Å². The van der Waals surface area contributed by atoms with E-state index in [0.29, 0.717) is 11.7 Å². The molecule has 2 aromatic carbocycles. The van der Waals surface area contributed by atoms with Crippen LogP contribution in [0.2, 0.25) is 0 Å². The maximum atomic E-state index is 13.0. The molecule has 1 atom stereocenters. The molecule has 1 saturated carbocycles. The lowest BCUT2D eigenvalue weighted by atomic mass is 10.1.